The van der Waals surface area contributed by atoms with Crippen LogP contribution in [0.25, 0.3) is 0 Å². The van der Waals surface area contributed by atoms with E-state index in [1.807, 2.05) is 18.2 Å². The maximum atomic E-state index is 12.2. The molecule has 2 aromatic carbocycles. The summed E-state index contributed by atoms with van der Waals surface area (Å²) in [5.74, 6) is 1.20. The van der Waals surface area contributed by atoms with Crippen LogP contribution in [-0.4, -0.2) is 34.4 Å². The van der Waals surface area contributed by atoms with Crippen molar-refractivity contribution in [2.45, 2.75) is 29.6 Å². The van der Waals surface area contributed by atoms with Gasteiger partial charge in [0, 0.05) is 30.7 Å². The Morgan fingerprint density at radius 1 is 1.10 bits per heavy atom. The Morgan fingerprint density at radius 3 is 2.70 bits per heavy atom. The second kappa shape index (κ2) is 10.00. The third kappa shape index (κ3) is 5.34. The van der Waals surface area contributed by atoms with Gasteiger partial charge in [-0.05, 0) is 47.6 Å². The first-order chi connectivity index (χ1) is 14.7. The fraction of sp³-hybridized carbons (Fsp3) is 0.261. The van der Waals surface area contributed by atoms with Crippen LogP contribution in [0, 0.1) is 0 Å². The van der Waals surface area contributed by atoms with Crippen LogP contribution in [0.1, 0.15) is 16.7 Å². The Balaban J connectivity index is 1.29. The number of anilines is 1. The molecule has 0 saturated heterocycles. The van der Waals surface area contributed by atoms with Gasteiger partial charge in [0.25, 0.3) is 0 Å². The van der Waals surface area contributed by atoms with E-state index in [1.54, 1.807) is 18.0 Å². The highest BCUT2D eigenvalue weighted by atomic mass is 32.2. The van der Waals surface area contributed by atoms with E-state index in [9.17, 15) is 4.79 Å². The Morgan fingerprint density at radius 2 is 1.90 bits per heavy atom. The molecule has 1 N–H and O–H groups in total. The Kier molecular flexibility index (Phi) is 6.92. The van der Waals surface area contributed by atoms with Gasteiger partial charge in [0.15, 0.2) is 5.16 Å². The topological polar surface area (TPSA) is 58.1 Å². The summed E-state index contributed by atoms with van der Waals surface area (Å²) in [7, 11) is 0. The monoisotopic (exact) mass is 436 g/mol. The number of amides is 1. The molecule has 0 fully saturated rings. The molecule has 0 saturated carbocycles. The summed E-state index contributed by atoms with van der Waals surface area (Å²) < 4.78 is 0. The van der Waals surface area contributed by atoms with Crippen LogP contribution in [0.4, 0.5) is 5.82 Å². The Labute approximate surface area is 185 Å². The van der Waals surface area contributed by atoms with Crippen LogP contribution >= 0.6 is 23.5 Å². The van der Waals surface area contributed by atoms with Crippen LogP contribution in [0.5, 0.6) is 0 Å². The second-order valence-corrected chi connectivity index (χ2v) is 8.87. The lowest BCUT2D eigenvalue weighted by atomic mass is 10.00. The highest BCUT2D eigenvalue weighted by molar-refractivity contribution is 7.99. The Bertz CT molecular complexity index is 1010. The number of carbonyl (C=O) groups excluding carboxylic acids is 1. The van der Waals surface area contributed by atoms with Crippen molar-refractivity contribution < 1.29 is 4.79 Å². The van der Waals surface area contributed by atoms with E-state index < -0.39 is 0 Å². The van der Waals surface area contributed by atoms with Gasteiger partial charge in [-0.2, -0.15) is 0 Å². The fourth-order valence-corrected chi connectivity index (χ4v) is 4.46. The van der Waals surface area contributed by atoms with Gasteiger partial charge >= 0.3 is 0 Å². The summed E-state index contributed by atoms with van der Waals surface area (Å²) in [4.78, 5) is 24.7. The predicted molar refractivity (Wildman–Crippen MR) is 124 cm³/mol. The van der Waals surface area contributed by atoms with Crippen molar-refractivity contribution >= 4 is 35.2 Å². The standard InChI is InChI=1S/C23H24N4OS2/c1-29-20-8-6-17(7-9-20)14-25-22(28)16-30-23-24-12-10-21(26-23)27-13-11-18-4-2-3-5-19(18)15-27/h2-10,12H,11,13-16H2,1H3,(H,25,28). The van der Waals surface area contributed by atoms with Gasteiger partial charge < -0.3 is 10.2 Å². The average molecular weight is 437 g/mol. The molecule has 1 aliphatic rings. The zero-order chi connectivity index (χ0) is 20.8. The Hall–Kier alpha value is -2.51. The number of nitrogens with zero attached hydrogens (tertiary/aromatic N) is 3. The van der Waals surface area contributed by atoms with Crippen LogP contribution in [0.15, 0.2) is 70.8 Å². The van der Waals surface area contributed by atoms with Gasteiger partial charge in [-0.1, -0.05) is 48.2 Å². The molecule has 0 aliphatic carbocycles. The molecule has 0 bridgehead atoms. The number of rotatable bonds is 7. The lowest BCUT2D eigenvalue weighted by Crippen LogP contribution is -2.31. The minimum Gasteiger partial charge on any atom is -0.352 e. The SMILES string of the molecule is CSc1ccc(CNC(=O)CSc2nccc(N3CCc4ccccc4C3)n2)cc1. The molecule has 5 nitrogen and oxygen atoms in total. The van der Waals surface area contributed by atoms with Crippen LogP contribution in [0.3, 0.4) is 0 Å². The van der Waals surface area contributed by atoms with Gasteiger partial charge in [-0.3, -0.25) is 4.79 Å². The molecule has 0 unspecified atom stereocenters. The molecule has 7 heteroatoms. The van der Waals surface area contributed by atoms with Crippen molar-refractivity contribution in [3.63, 3.8) is 0 Å². The molecule has 0 spiro atoms. The fourth-order valence-electron chi connectivity index (χ4n) is 3.39. The summed E-state index contributed by atoms with van der Waals surface area (Å²) in [5.41, 5.74) is 3.86. The van der Waals surface area contributed by atoms with E-state index in [4.69, 9.17) is 0 Å². The number of fused-ring (bicyclic) bond motifs is 1. The normalized spacial score (nSPS) is 13.0. The third-order valence-electron chi connectivity index (χ3n) is 5.05. The maximum absolute atomic E-state index is 12.2. The molecule has 0 atom stereocenters. The molecule has 1 amide bonds. The maximum Gasteiger partial charge on any atom is 0.230 e. The van der Waals surface area contributed by atoms with Crippen molar-refractivity contribution in [1.82, 2.24) is 15.3 Å². The molecule has 3 aromatic rings. The van der Waals surface area contributed by atoms with Crippen molar-refractivity contribution in [3.8, 4) is 0 Å². The summed E-state index contributed by atoms with van der Waals surface area (Å²) >= 11 is 3.08. The van der Waals surface area contributed by atoms with Gasteiger partial charge in [0.2, 0.25) is 5.91 Å². The summed E-state index contributed by atoms with van der Waals surface area (Å²) in [6, 6.07) is 18.7. The van der Waals surface area contributed by atoms with E-state index in [-0.39, 0.29) is 5.91 Å². The highest BCUT2D eigenvalue weighted by Crippen LogP contribution is 2.24. The predicted octanol–water partition coefficient (Wildman–Crippen LogP) is 4.17. The largest absolute Gasteiger partial charge is 0.352 e. The number of nitrogens with one attached hydrogen (secondary N) is 1. The first-order valence-electron chi connectivity index (χ1n) is 9.88. The summed E-state index contributed by atoms with van der Waals surface area (Å²) in [6.45, 7) is 2.32. The first kappa shape index (κ1) is 20.8. The highest BCUT2D eigenvalue weighted by Gasteiger charge is 2.17. The van der Waals surface area contributed by atoms with Crippen LogP contribution < -0.4 is 10.2 Å². The van der Waals surface area contributed by atoms with Crippen molar-refractivity contribution in [2.24, 2.45) is 0 Å². The third-order valence-corrected chi connectivity index (χ3v) is 6.66. The second-order valence-electron chi connectivity index (χ2n) is 7.05. The lowest BCUT2D eigenvalue weighted by molar-refractivity contribution is -0.118. The van der Waals surface area contributed by atoms with Crippen LogP contribution in [0.2, 0.25) is 0 Å². The van der Waals surface area contributed by atoms with Gasteiger partial charge in [0.1, 0.15) is 5.82 Å². The molecular weight excluding hydrogens is 412 g/mol. The molecule has 1 aliphatic heterocycles. The summed E-state index contributed by atoms with van der Waals surface area (Å²) in [5, 5.41) is 3.59. The lowest BCUT2D eigenvalue weighted by Gasteiger charge is -2.29. The van der Waals surface area contributed by atoms with E-state index >= 15 is 0 Å². The van der Waals surface area contributed by atoms with E-state index in [0.29, 0.717) is 17.5 Å². The smallest absolute Gasteiger partial charge is 0.230 e. The number of hydrogen-bond donors (Lipinski definition) is 1. The quantitative estimate of drug-likeness (QED) is 0.443. The van der Waals surface area contributed by atoms with Crippen LogP contribution in [-0.2, 0) is 24.3 Å². The van der Waals surface area contributed by atoms with E-state index in [1.165, 1.54) is 27.8 Å². The van der Waals surface area contributed by atoms with Crippen molar-refractivity contribution in [1.29, 1.82) is 0 Å². The molecule has 1 aromatic heterocycles. The zero-order valence-electron chi connectivity index (χ0n) is 16.9. The van der Waals surface area contributed by atoms with E-state index in [0.717, 1.165) is 30.9 Å². The summed E-state index contributed by atoms with van der Waals surface area (Å²) in [6.07, 6.45) is 4.84. The minimum absolute atomic E-state index is 0.0187. The number of carbonyl (C=O) groups is 1. The zero-order valence-corrected chi connectivity index (χ0v) is 18.5. The number of hydrogen-bond acceptors (Lipinski definition) is 6. The molecule has 154 valence electrons. The molecule has 30 heavy (non-hydrogen) atoms. The molecule has 2 heterocycles. The van der Waals surface area contributed by atoms with Gasteiger partial charge in [-0.15, -0.1) is 11.8 Å². The van der Waals surface area contributed by atoms with E-state index in [2.05, 4.69) is 62.8 Å². The molecule has 0 radical (unpaired) electrons. The molecular formula is C23H24N4OS2. The minimum atomic E-state index is -0.0187. The number of thioether (sulfide) groups is 2. The first-order valence-corrected chi connectivity index (χ1v) is 12.1. The number of benzene rings is 2. The van der Waals surface area contributed by atoms with Gasteiger partial charge in [-0.25, -0.2) is 9.97 Å². The van der Waals surface area contributed by atoms with Gasteiger partial charge in [0.05, 0.1) is 5.75 Å². The van der Waals surface area contributed by atoms with Crippen molar-refractivity contribution in [3.05, 3.63) is 77.5 Å². The van der Waals surface area contributed by atoms with Crippen molar-refractivity contribution in [2.75, 3.05) is 23.5 Å². The number of aromatic nitrogens is 2. The molecule has 4 rings (SSSR count). The average Bonchev–Trinajstić information content (AvgIpc) is 2.81.